The average Bonchev–Trinajstić information content (AvgIpc) is 3.19. The molecule has 0 aromatic heterocycles. The van der Waals surface area contributed by atoms with Crippen LogP contribution in [-0.2, 0) is 42.8 Å². The van der Waals surface area contributed by atoms with E-state index in [9.17, 15) is 21.9 Å². The quantitative estimate of drug-likeness (QED) is 0.507. The predicted octanol–water partition coefficient (Wildman–Crippen LogP) is 2.02. The van der Waals surface area contributed by atoms with Crippen molar-refractivity contribution in [3.05, 3.63) is 59.7 Å². The lowest BCUT2D eigenvalue weighted by atomic mass is 10.1. The molecular formula is C23H28O10S2. The molecule has 0 bridgehead atoms. The number of aryl methyl sites for hydroxylation is 2. The third-order valence-electron chi connectivity index (χ3n) is 5.73. The molecular weight excluding hydrogens is 500 g/mol. The number of fused-ring (bicyclic) bond motifs is 1. The maximum Gasteiger partial charge on any atom is 0.297 e. The van der Waals surface area contributed by atoms with Gasteiger partial charge in [0.25, 0.3) is 20.2 Å². The van der Waals surface area contributed by atoms with Gasteiger partial charge < -0.3 is 19.3 Å². The van der Waals surface area contributed by atoms with Gasteiger partial charge in [-0.2, -0.15) is 16.8 Å². The van der Waals surface area contributed by atoms with Crippen LogP contribution in [0.3, 0.4) is 0 Å². The number of hydrogen-bond acceptors (Lipinski definition) is 10. The van der Waals surface area contributed by atoms with E-state index in [4.69, 9.17) is 22.6 Å². The van der Waals surface area contributed by atoms with Gasteiger partial charge >= 0.3 is 0 Å². The van der Waals surface area contributed by atoms with Crippen molar-refractivity contribution in [2.75, 3.05) is 13.2 Å². The second-order valence-electron chi connectivity index (χ2n) is 9.08. The Kier molecular flexibility index (Phi) is 6.88. The van der Waals surface area contributed by atoms with Crippen molar-refractivity contribution in [1.29, 1.82) is 0 Å². The molecule has 2 aliphatic rings. The Bertz CT molecular complexity index is 1270. The van der Waals surface area contributed by atoms with Gasteiger partial charge in [-0.1, -0.05) is 35.4 Å². The van der Waals surface area contributed by atoms with E-state index < -0.39 is 63.3 Å². The zero-order valence-electron chi connectivity index (χ0n) is 19.7. The average molecular weight is 529 g/mol. The first-order valence-corrected chi connectivity index (χ1v) is 13.7. The van der Waals surface area contributed by atoms with E-state index in [1.165, 1.54) is 24.3 Å². The minimum Gasteiger partial charge on any atom is -0.387 e. The van der Waals surface area contributed by atoms with Gasteiger partial charge in [-0.25, -0.2) is 0 Å². The van der Waals surface area contributed by atoms with Crippen LogP contribution in [0.5, 0.6) is 0 Å². The van der Waals surface area contributed by atoms with Crippen LogP contribution in [-0.4, -0.2) is 65.0 Å². The number of rotatable bonds is 8. The molecule has 2 fully saturated rings. The molecule has 2 aliphatic heterocycles. The standard InChI is InChI=1S/C23H28O10S2/c1-15-5-9-17(10-6-15)34(25,26)29-13-19-20(24)21-23(31-19,33-22(3,4)32-21)14-30-35(27,28)18-11-7-16(2)8-12-18/h5-12,19-21,24H,13-14H2,1-4H3/t19-,20+,21-,23+/m1/s1. The first-order valence-electron chi connectivity index (χ1n) is 10.9. The fourth-order valence-electron chi connectivity index (χ4n) is 3.98. The van der Waals surface area contributed by atoms with E-state index in [0.717, 1.165) is 11.1 Å². The number of aliphatic hydroxyl groups is 1. The first-order chi connectivity index (χ1) is 16.2. The van der Waals surface area contributed by atoms with Gasteiger partial charge in [-0.15, -0.1) is 0 Å². The predicted molar refractivity (Wildman–Crippen MR) is 122 cm³/mol. The fourth-order valence-corrected chi connectivity index (χ4v) is 5.82. The van der Waals surface area contributed by atoms with Crippen LogP contribution in [0.4, 0.5) is 0 Å². The summed E-state index contributed by atoms with van der Waals surface area (Å²) >= 11 is 0. The highest BCUT2D eigenvalue weighted by molar-refractivity contribution is 7.87. The minimum absolute atomic E-state index is 0.0494. The largest absolute Gasteiger partial charge is 0.387 e. The molecule has 0 unspecified atom stereocenters. The van der Waals surface area contributed by atoms with Gasteiger partial charge in [0, 0.05) is 0 Å². The van der Waals surface area contributed by atoms with Crippen LogP contribution < -0.4 is 0 Å². The smallest absolute Gasteiger partial charge is 0.297 e. The molecule has 1 N–H and O–H groups in total. The Labute approximate surface area is 205 Å². The van der Waals surface area contributed by atoms with Crippen LogP contribution in [0, 0.1) is 13.8 Å². The summed E-state index contributed by atoms with van der Waals surface area (Å²) in [6.45, 7) is 5.61. The van der Waals surface area contributed by atoms with Crippen molar-refractivity contribution in [3.8, 4) is 0 Å². The Balaban J connectivity index is 1.50. The molecule has 2 aromatic rings. The molecule has 2 heterocycles. The van der Waals surface area contributed by atoms with Crippen molar-refractivity contribution < 1.29 is 44.5 Å². The third-order valence-corrected chi connectivity index (χ3v) is 8.30. The van der Waals surface area contributed by atoms with Gasteiger partial charge in [0.05, 0.1) is 16.4 Å². The lowest BCUT2D eigenvalue weighted by molar-refractivity contribution is -0.272. The summed E-state index contributed by atoms with van der Waals surface area (Å²) in [6, 6.07) is 12.2. The molecule has 10 nitrogen and oxygen atoms in total. The molecule has 4 rings (SSSR count). The highest BCUT2D eigenvalue weighted by Crippen LogP contribution is 2.46. The molecule has 0 spiro atoms. The topological polar surface area (TPSA) is 135 Å². The molecule has 0 radical (unpaired) electrons. The van der Waals surface area contributed by atoms with Crippen LogP contribution in [0.1, 0.15) is 25.0 Å². The zero-order valence-corrected chi connectivity index (χ0v) is 21.3. The lowest BCUT2D eigenvalue weighted by Gasteiger charge is -2.28. The van der Waals surface area contributed by atoms with E-state index in [2.05, 4.69) is 0 Å². The molecule has 0 amide bonds. The molecule has 0 saturated carbocycles. The van der Waals surface area contributed by atoms with E-state index in [1.54, 1.807) is 38.1 Å². The number of ether oxygens (including phenoxy) is 3. The molecule has 2 saturated heterocycles. The van der Waals surface area contributed by atoms with E-state index >= 15 is 0 Å². The molecule has 4 atom stereocenters. The summed E-state index contributed by atoms with van der Waals surface area (Å²) in [4.78, 5) is -0.108. The van der Waals surface area contributed by atoms with Crippen molar-refractivity contribution >= 4 is 20.2 Å². The van der Waals surface area contributed by atoms with Crippen molar-refractivity contribution in [2.24, 2.45) is 0 Å². The zero-order chi connectivity index (χ0) is 25.6. The SMILES string of the molecule is Cc1ccc(S(=O)(=O)OC[C@H]2O[C@@]3(COS(=O)(=O)c4ccc(C)cc4)OC(C)(C)O[C@@H]3[C@H]2O)cc1. The third kappa shape index (κ3) is 5.44. The van der Waals surface area contributed by atoms with Crippen LogP contribution in [0.25, 0.3) is 0 Å². The number of benzene rings is 2. The van der Waals surface area contributed by atoms with E-state index in [0.29, 0.717) is 0 Å². The lowest BCUT2D eigenvalue weighted by Crippen LogP contribution is -2.45. The minimum atomic E-state index is -4.18. The Morgan fingerprint density at radius 2 is 1.31 bits per heavy atom. The van der Waals surface area contributed by atoms with Gasteiger partial charge in [0.1, 0.15) is 24.9 Å². The van der Waals surface area contributed by atoms with Crippen LogP contribution in [0.15, 0.2) is 58.3 Å². The Morgan fingerprint density at radius 1 is 0.829 bits per heavy atom. The van der Waals surface area contributed by atoms with Gasteiger partial charge in [0.15, 0.2) is 5.79 Å². The first kappa shape index (κ1) is 26.2. The molecule has 0 aliphatic carbocycles. The molecule has 35 heavy (non-hydrogen) atoms. The van der Waals surface area contributed by atoms with E-state index in [-0.39, 0.29) is 9.79 Å². The number of aliphatic hydroxyl groups excluding tert-OH is 1. The Morgan fingerprint density at radius 3 is 1.83 bits per heavy atom. The highest BCUT2D eigenvalue weighted by Gasteiger charge is 2.65. The summed E-state index contributed by atoms with van der Waals surface area (Å²) in [5.41, 5.74) is 1.76. The van der Waals surface area contributed by atoms with Gasteiger partial charge in [-0.3, -0.25) is 8.37 Å². The maximum atomic E-state index is 12.7. The summed E-state index contributed by atoms with van der Waals surface area (Å²) in [7, 11) is -8.31. The van der Waals surface area contributed by atoms with E-state index in [1.807, 2.05) is 13.8 Å². The van der Waals surface area contributed by atoms with Crippen LogP contribution in [0.2, 0.25) is 0 Å². The molecule has 192 valence electrons. The van der Waals surface area contributed by atoms with Crippen LogP contribution >= 0.6 is 0 Å². The summed E-state index contributed by atoms with van der Waals surface area (Å²) < 4.78 is 78.3. The van der Waals surface area contributed by atoms with Crippen molar-refractivity contribution in [2.45, 2.75) is 67.4 Å². The van der Waals surface area contributed by atoms with Gasteiger partial charge in [0.2, 0.25) is 5.79 Å². The maximum absolute atomic E-state index is 12.7. The second kappa shape index (κ2) is 9.20. The summed E-state index contributed by atoms with van der Waals surface area (Å²) in [5.74, 6) is -3.02. The normalized spacial score (nSPS) is 28.2. The summed E-state index contributed by atoms with van der Waals surface area (Å²) in [6.07, 6.45) is -3.72. The molecule has 2 aromatic carbocycles. The number of hydrogen-bond donors (Lipinski definition) is 1. The van der Waals surface area contributed by atoms with Crippen molar-refractivity contribution in [1.82, 2.24) is 0 Å². The highest BCUT2D eigenvalue weighted by atomic mass is 32.2. The molecule has 12 heteroatoms. The van der Waals surface area contributed by atoms with Gasteiger partial charge in [-0.05, 0) is 52.0 Å². The fraction of sp³-hybridized carbons (Fsp3) is 0.478. The second-order valence-corrected chi connectivity index (χ2v) is 12.3. The van der Waals surface area contributed by atoms with Crippen molar-refractivity contribution in [3.63, 3.8) is 0 Å². The summed E-state index contributed by atoms with van der Waals surface area (Å²) in [5, 5.41) is 10.8. The monoisotopic (exact) mass is 528 g/mol. The Hall–Kier alpha value is -1.90.